The Bertz CT molecular complexity index is 352. The van der Waals surface area contributed by atoms with E-state index in [2.05, 4.69) is 38.1 Å². The summed E-state index contributed by atoms with van der Waals surface area (Å²) < 4.78 is 5.83. The molecule has 0 unspecified atom stereocenters. The SMILES string of the molecule is CC(C)CCCCOc1cccc(CC2CC2)c1. The summed E-state index contributed by atoms with van der Waals surface area (Å²) in [5, 5.41) is 0. The average Bonchev–Trinajstić information content (AvgIpc) is 3.13. The third-order valence-corrected chi connectivity index (χ3v) is 3.56. The zero-order chi connectivity index (χ0) is 12.8. The third-order valence-electron chi connectivity index (χ3n) is 3.56. The fraction of sp³-hybridized carbons (Fsp3) is 0.647. The van der Waals surface area contributed by atoms with Gasteiger partial charge in [0.25, 0.3) is 0 Å². The highest BCUT2D eigenvalue weighted by molar-refractivity contribution is 5.29. The Morgan fingerprint density at radius 2 is 2.06 bits per heavy atom. The molecule has 0 amide bonds. The van der Waals surface area contributed by atoms with Crippen molar-refractivity contribution >= 4 is 0 Å². The van der Waals surface area contributed by atoms with E-state index in [0.29, 0.717) is 0 Å². The van der Waals surface area contributed by atoms with Crippen molar-refractivity contribution in [3.8, 4) is 5.75 Å². The fourth-order valence-electron chi connectivity index (χ4n) is 2.26. The van der Waals surface area contributed by atoms with Crippen LogP contribution in [-0.4, -0.2) is 6.61 Å². The van der Waals surface area contributed by atoms with Crippen LogP contribution in [0.25, 0.3) is 0 Å². The summed E-state index contributed by atoms with van der Waals surface area (Å²) >= 11 is 0. The molecule has 1 aliphatic rings. The molecule has 0 spiro atoms. The third kappa shape index (κ3) is 5.12. The Hall–Kier alpha value is -0.980. The molecular weight excluding hydrogens is 220 g/mol. The van der Waals surface area contributed by atoms with Gasteiger partial charge in [-0.05, 0) is 61.6 Å². The minimum absolute atomic E-state index is 0.812. The van der Waals surface area contributed by atoms with Crippen LogP contribution >= 0.6 is 0 Å². The molecule has 1 nitrogen and oxygen atoms in total. The monoisotopic (exact) mass is 246 g/mol. The fourth-order valence-corrected chi connectivity index (χ4v) is 2.26. The Kier molecular flexibility index (Phi) is 5.10. The van der Waals surface area contributed by atoms with E-state index in [1.54, 1.807) is 0 Å². The Labute approximate surface area is 112 Å². The number of hydrogen-bond donors (Lipinski definition) is 0. The van der Waals surface area contributed by atoms with Crippen LogP contribution in [0.1, 0.15) is 51.5 Å². The molecule has 0 aliphatic heterocycles. The van der Waals surface area contributed by atoms with Crippen molar-refractivity contribution in [2.75, 3.05) is 6.61 Å². The Morgan fingerprint density at radius 3 is 2.78 bits per heavy atom. The zero-order valence-corrected chi connectivity index (χ0v) is 11.8. The lowest BCUT2D eigenvalue weighted by Crippen LogP contribution is -1.99. The quantitative estimate of drug-likeness (QED) is 0.596. The standard InChI is InChI=1S/C17H26O/c1-14(2)6-3-4-11-18-17-8-5-7-16(13-17)12-15-9-10-15/h5,7-8,13-15H,3-4,6,9-12H2,1-2H3. The van der Waals surface area contributed by atoms with Crippen LogP contribution in [0.3, 0.4) is 0 Å². The van der Waals surface area contributed by atoms with Gasteiger partial charge in [0.05, 0.1) is 6.61 Å². The second-order valence-corrected chi connectivity index (χ2v) is 6.03. The van der Waals surface area contributed by atoms with Crippen LogP contribution in [0.2, 0.25) is 0 Å². The molecule has 0 bridgehead atoms. The van der Waals surface area contributed by atoms with Crippen LogP contribution in [0.15, 0.2) is 24.3 Å². The van der Waals surface area contributed by atoms with Gasteiger partial charge in [0.2, 0.25) is 0 Å². The predicted octanol–water partition coefficient (Wildman–Crippen LogP) is 4.84. The van der Waals surface area contributed by atoms with E-state index in [0.717, 1.165) is 24.2 Å². The highest BCUT2D eigenvalue weighted by atomic mass is 16.5. The summed E-state index contributed by atoms with van der Waals surface area (Å²) in [7, 11) is 0. The van der Waals surface area contributed by atoms with E-state index in [1.165, 1.54) is 44.1 Å². The van der Waals surface area contributed by atoms with Crippen LogP contribution in [0.4, 0.5) is 0 Å². The molecule has 1 fully saturated rings. The van der Waals surface area contributed by atoms with Gasteiger partial charge >= 0.3 is 0 Å². The Balaban J connectivity index is 1.68. The first-order valence-corrected chi connectivity index (χ1v) is 7.46. The summed E-state index contributed by atoms with van der Waals surface area (Å²) in [6.07, 6.45) is 7.83. The molecule has 0 heterocycles. The molecule has 0 saturated heterocycles. The number of ether oxygens (including phenoxy) is 1. The second-order valence-electron chi connectivity index (χ2n) is 6.03. The van der Waals surface area contributed by atoms with E-state index in [4.69, 9.17) is 4.74 Å². The molecule has 0 N–H and O–H groups in total. The van der Waals surface area contributed by atoms with Gasteiger partial charge in [0, 0.05) is 0 Å². The zero-order valence-electron chi connectivity index (χ0n) is 11.8. The van der Waals surface area contributed by atoms with Gasteiger partial charge in [0.1, 0.15) is 5.75 Å². The molecule has 1 aliphatic carbocycles. The van der Waals surface area contributed by atoms with Gasteiger partial charge in [-0.25, -0.2) is 0 Å². The molecule has 100 valence electrons. The largest absolute Gasteiger partial charge is 0.494 e. The number of benzene rings is 1. The average molecular weight is 246 g/mol. The molecular formula is C17H26O. The first-order valence-electron chi connectivity index (χ1n) is 7.46. The first-order chi connectivity index (χ1) is 8.74. The van der Waals surface area contributed by atoms with Crippen LogP contribution in [-0.2, 0) is 6.42 Å². The van der Waals surface area contributed by atoms with Crippen molar-refractivity contribution in [2.24, 2.45) is 11.8 Å². The lowest BCUT2D eigenvalue weighted by atomic mass is 10.1. The highest BCUT2D eigenvalue weighted by Gasteiger charge is 2.21. The molecule has 1 aromatic carbocycles. The molecule has 0 atom stereocenters. The Morgan fingerprint density at radius 1 is 1.22 bits per heavy atom. The summed E-state index contributed by atoms with van der Waals surface area (Å²) in [5.74, 6) is 2.82. The van der Waals surface area contributed by atoms with E-state index in [-0.39, 0.29) is 0 Å². The predicted molar refractivity (Wildman–Crippen MR) is 77.1 cm³/mol. The molecule has 0 radical (unpaired) electrons. The maximum Gasteiger partial charge on any atom is 0.119 e. The van der Waals surface area contributed by atoms with Crippen LogP contribution in [0.5, 0.6) is 5.75 Å². The topological polar surface area (TPSA) is 9.23 Å². The van der Waals surface area contributed by atoms with Crippen LogP contribution < -0.4 is 4.74 Å². The molecule has 1 aromatic rings. The lowest BCUT2D eigenvalue weighted by Gasteiger charge is -2.08. The van der Waals surface area contributed by atoms with Gasteiger partial charge in [0.15, 0.2) is 0 Å². The first kappa shape index (κ1) is 13.5. The van der Waals surface area contributed by atoms with Gasteiger partial charge in [-0.1, -0.05) is 32.4 Å². The second kappa shape index (κ2) is 6.82. The molecule has 18 heavy (non-hydrogen) atoms. The molecule has 1 heteroatoms. The van der Waals surface area contributed by atoms with Gasteiger partial charge < -0.3 is 4.74 Å². The van der Waals surface area contributed by atoms with Gasteiger partial charge in [-0.15, -0.1) is 0 Å². The van der Waals surface area contributed by atoms with Crippen molar-refractivity contribution in [2.45, 2.75) is 52.4 Å². The van der Waals surface area contributed by atoms with E-state index in [1.807, 2.05) is 0 Å². The number of rotatable bonds is 8. The summed E-state index contributed by atoms with van der Waals surface area (Å²) in [6, 6.07) is 8.66. The number of unbranched alkanes of at least 4 members (excludes halogenated alkanes) is 1. The maximum atomic E-state index is 5.83. The van der Waals surface area contributed by atoms with Gasteiger partial charge in [-0.2, -0.15) is 0 Å². The minimum atomic E-state index is 0.812. The van der Waals surface area contributed by atoms with Crippen molar-refractivity contribution in [3.05, 3.63) is 29.8 Å². The molecule has 2 rings (SSSR count). The van der Waals surface area contributed by atoms with Gasteiger partial charge in [-0.3, -0.25) is 0 Å². The van der Waals surface area contributed by atoms with Crippen molar-refractivity contribution < 1.29 is 4.74 Å². The smallest absolute Gasteiger partial charge is 0.119 e. The summed E-state index contributed by atoms with van der Waals surface area (Å²) in [5.41, 5.74) is 1.44. The van der Waals surface area contributed by atoms with Crippen molar-refractivity contribution in [1.29, 1.82) is 0 Å². The molecule has 0 aromatic heterocycles. The van der Waals surface area contributed by atoms with E-state index < -0.39 is 0 Å². The maximum absolute atomic E-state index is 5.83. The minimum Gasteiger partial charge on any atom is -0.494 e. The highest BCUT2D eigenvalue weighted by Crippen LogP contribution is 2.33. The van der Waals surface area contributed by atoms with E-state index >= 15 is 0 Å². The molecule has 1 saturated carbocycles. The lowest BCUT2D eigenvalue weighted by molar-refractivity contribution is 0.301. The van der Waals surface area contributed by atoms with E-state index in [9.17, 15) is 0 Å². The van der Waals surface area contributed by atoms with Crippen molar-refractivity contribution in [3.63, 3.8) is 0 Å². The van der Waals surface area contributed by atoms with Crippen molar-refractivity contribution in [1.82, 2.24) is 0 Å². The normalized spacial score (nSPS) is 15.1. The number of hydrogen-bond acceptors (Lipinski definition) is 1. The van der Waals surface area contributed by atoms with Crippen LogP contribution in [0, 0.1) is 11.8 Å². The summed E-state index contributed by atoms with van der Waals surface area (Å²) in [6.45, 7) is 5.42. The summed E-state index contributed by atoms with van der Waals surface area (Å²) in [4.78, 5) is 0.